The van der Waals surface area contributed by atoms with E-state index in [0.29, 0.717) is 0 Å². The fourth-order valence-electron chi connectivity index (χ4n) is 1.60. The number of nitriles is 1. The second-order valence-electron chi connectivity index (χ2n) is 3.68. The molecule has 0 N–H and O–H groups in total. The zero-order valence-electron chi connectivity index (χ0n) is 9.93. The van der Waals surface area contributed by atoms with Gasteiger partial charge in [-0.1, -0.05) is 0 Å². The van der Waals surface area contributed by atoms with Crippen LogP contribution in [0.2, 0.25) is 0 Å². The summed E-state index contributed by atoms with van der Waals surface area (Å²) < 4.78 is 20.8. The van der Waals surface area contributed by atoms with E-state index in [-0.39, 0.29) is 17.9 Å². The van der Waals surface area contributed by atoms with Gasteiger partial charge in [0.25, 0.3) is 0 Å². The van der Waals surface area contributed by atoms with Crippen LogP contribution in [0.4, 0.5) is 4.39 Å². The second kappa shape index (κ2) is 5.32. The highest BCUT2D eigenvalue weighted by Gasteiger charge is 2.07. The molecule has 0 spiro atoms. The third-order valence-electron chi connectivity index (χ3n) is 2.56. The maximum absolute atomic E-state index is 13.5. The number of aryl methyl sites for hydroxylation is 1. The Balaban J connectivity index is 2.09. The van der Waals surface area contributed by atoms with Crippen LogP contribution >= 0.6 is 0 Å². The zero-order chi connectivity index (χ0) is 13.0. The maximum atomic E-state index is 13.5. The molecular formula is C13H12FN3O. The molecule has 0 bridgehead atoms. The topological polar surface area (TPSA) is 50.8 Å². The van der Waals surface area contributed by atoms with Crippen molar-refractivity contribution in [3.8, 4) is 11.8 Å². The predicted molar refractivity (Wildman–Crippen MR) is 63.3 cm³/mol. The molecule has 0 atom stereocenters. The van der Waals surface area contributed by atoms with Crippen molar-refractivity contribution < 1.29 is 9.13 Å². The number of rotatable bonds is 4. The molecule has 0 saturated heterocycles. The van der Waals surface area contributed by atoms with Crippen molar-refractivity contribution in [2.24, 2.45) is 0 Å². The molecule has 1 aromatic heterocycles. The lowest BCUT2D eigenvalue weighted by molar-refractivity contribution is 0.276. The number of hydrogen-bond acceptors (Lipinski definition) is 3. The Kier molecular flexibility index (Phi) is 3.58. The monoisotopic (exact) mass is 245 g/mol. The Morgan fingerprint density at radius 3 is 3.00 bits per heavy atom. The van der Waals surface area contributed by atoms with E-state index in [0.717, 1.165) is 18.4 Å². The molecule has 0 aliphatic heterocycles. The van der Waals surface area contributed by atoms with Crippen LogP contribution in [0.1, 0.15) is 18.3 Å². The quantitative estimate of drug-likeness (QED) is 0.831. The minimum Gasteiger partial charge on any atom is -0.483 e. The van der Waals surface area contributed by atoms with E-state index in [4.69, 9.17) is 10.00 Å². The molecule has 0 saturated carbocycles. The lowest BCUT2D eigenvalue weighted by atomic mass is 10.2. The second-order valence-corrected chi connectivity index (χ2v) is 3.68. The van der Waals surface area contributed by atoms with Gasteiger partial charge in [-0.3, -0.25) is 0 Å². The molecule has 0 amide bonds. The first-order valence-electron chi connectivity index (χ1n) is 5.57. The van der Waals surface area contributed by atoms with E-state index in [1.165, 1.54) is 12.1 Å². The van der Waals surface area contributed by atoms with Crippen LogP contribution in [0, 0.1) is 17.1 Å². The Bertz CT molecular complexity index is 586. The van der Waals surface area contributed by atoms with Crippen molar-refractivity contribution >= 4 is 0 Å². The number of hydrogen-bond donors (Lipinski definition) is 0. The average molecular weight is 245 g/mol. The van der Waals surface area contributed by atoms with E-state index in [2.05, 4.69) is 4.98 Å². The highest BCUT2D eigenvalue weighted by atomic mass is 19.1. The van der Waals surface area contributed by atoms with Crippen molar-refractivity contribution in [3.05, 3.63) is 47.8 Å². The van der Waals surface area contributed by atoms with Crippen LogP contribution in [-0.2, 0) is 13.2 Å². The Labute approximate surface area is 104 Å². The lowest BCUT2D eigenvalue weighted by Gasteiger charge is -2.08. The Morgan fingerprint density at radius 2 is 2.33 bits per heavy atom. The molecule has 2 aromatic rings. The van der Waals surface area contributed by atoms with E-state index in [1.54, 1.807) is 6.20 Å². The van der Waals surface area contributed by atoms with Crippen LogP contribution in [0.15, 0.2) is 30.6 Å². The Hall–Kier alpha value is -2.35. The molecule has 92 valence electrons. The van der Waals surface area contributed by atoms with Crippen molar-refractivity contribution in [3.63, 3.8) is 0 Å². The van der Waals surface area contributed by atoms with Crippen LogP contribution in [0.5, 0.6) is 5.75 Å². The van der Waals surface area contributed by atoms with Crippen molar-refractivity contribution in [2.75, 3.05) is 0 Å². The first kappa shape index (κ1) is 12.1. The van der Waals surface area contributed by atoms with Gasteiger partial charge in [-0.25, -0.2) is 9.37 Å². The first-order chi connectivity index (χ1) is 8.74. The number of nitrogens with zero attached hydrogens (tertiary/aromatic N) is 3. The van der Waals surface area contributed by atoms with Crippen LogP contribution in [-0.4, -0.2) is 9.55 Å². The third-order valence-corrected chi connectivity index (χ3v) is 2.56. The highest BCUT2D eigenvalue weighted by molar-refractivity contribution is 5.35. The molecule has 5 heteroatoms. The lowest BCUT2D eigenvalue weighted by Crippen LogP contribution is -2.06. The van der Waals surface area contributed by atoms with Gasteiger partial charge in [0.05, 0.1) is 11.6 Å². The summed E-state index contributed by atoms with van der Waals surface area (Å²) >= 11 is 0. The summed E-state index contributed by atoms with van der Waals surface area (Å²) in [4.78, 5) is 4.13. The molecular weight excluding hydrogens is 233 g/mol. The van der Waals surface area contributed by atoms with Crippen LogP contribution < -0.4 is 4.74 Å². The van der Waals surface area contributed by atoms with E-state index >= 15 is 0 Å². The largest absolute Gasteiger partial charge is 0.483 e. The smallest absolute Gasteiger partial charge is 0.166 e. The molecule has 1 aromatic carbocycles. The molecule has 2 rings (SSSR count). The number of benzene rings is 1. The van der Waals surface area contributed by atoms with Gasteiger partial charge in [-0.05, 0) is 25.1 Å². The first-order valence-corrected chi connectivity index (χ1v) is 5.57. The maximum Gasteiger partial charge on any atom is 0.166 e. The molecule has 0 radical (unpaired) electrons. The molecule has 0 fully saturated rings. The van der Waals surface area contributed by atoms with E-state index < -0.39 is 5.82 Å². The van der Waals surface area contributed by atoms with Gasteiger partial charge in [-0.2, -0.15) is 5.26 Å². The third kappa shape index (κ3) is 2.48. The van der Waals surface area contributed by atoms with E-state index in [9.17, 15) is 4.39 Å². The predicted octanol–water partition coefficient (Wildman–Crippen LogP) is 2.49. The summed E-state index contributed by atoms with van der Waals surface area (Å²) in [6.07, 6.45) is 3.52. The SMILES string of the molecule is CCn1ccnc1COc1ccc(C#N)cc1F. The number of aromatic nitrogens is 2. The number of imidazole rings is 1. The Morgan fingerprint density at radius 1 is 1.50 bits per heavy atom. The summed E-state index contributed by atoms with van der Waals surface area (Å²) in [5.74, 6) is 0.324. The summed E-state index contributed by atoms with van der Waals surface area (Å²) in [7, 11) is 0. The summed E-state index contributed by atoms with van der Waals surface area (Å²) in [6, 6.07) is 6.00. The van der Waals surface area contributed by atoms with Crippen molar-refractivity contribution in [1.82, 2.24) is 9.55 Å². The molecule has 0 unspecified atom stereocenters. The van der Waals surface area contributed by atoms with Crippen LogP contribution in [0.3, 0.4) is 0 Å². The van der Waals surface area contributed by atoms with Gasteiger partial charge in [0, 0.05) is 18.9 Å². The number of halogens is 1. The fraction of sp³-hybridized carbons (Fsp3) is 0.231. The fourth-order valence-corrected chi connectivity index (χ4v) is 1.60. The highest BCUT2D eigenvalue weighted by Crippen LogP contribution is 2.19. The summed E-state index contributed by atoms with van der Waals surface area (Å²) in [6.45, 7) is 2.98. The minimum absolute atomic E-state index is 0.125. The minimum atomic E-state index is -0.538. The van der Waals surface area contributed by atoms with Crippen molar-refractivity contribution in [2.45, 2.75) is 20.1 Å². The molecule has 0 aliphatic rings. The van der Waals surface area contributed by atoms with Gasteiger partial charge in [0.2, 0.25) is 0 Å². The molecule has 4 nitrogen and oxygen atoms in total. The normalized spacial score (nSPS) is 10.1. The standard InChI is InChI=1S/C13H12FN3O/c1-2-17-6-5-16-13(17)9-18-12-4-3-10(8-15)7-11(12)14/h3-7H,2,9H2,1H3. The molecule has 1 heterocycles. The number of ether oxygens (including phenoxy) is 1. The van der Waals surface area contributed by atoms with Gasteiger partial charge in [-0.15, -0.1) is 0 Å². The molecule has 0 aliphatic carbocycles. The van der Waals surface area contributed by atoms with Gasteiger partial charge in [0.15, 0.2) is 11.6 Å². The summed E-state index contributed by atoms with van der Waals surface area (Å²) in [5, 5.41) is 8.63. The van der Waals surface area contributed by atoms with Gasteiger partial charge in [0.1, 0.15) is 12.4 Å². The van der Waals surface area contributed by atoms with Gasteiger partial charge >= 0.3 is 0 Å². The van der Waals surface area contributed by atoms with Crippen molar-refractivity contribution in [1.29, 1.82) is 5.26 Å². The summed E-state index contributed by atoms with van der Waals surface area (Å²) in [5.41, 5.74) is 0.273. The van der Waals surface area contributed by atoms with Gasteiger partial charge < -0.3 is 9.30 Å². The average Bonchev–Trinajstić information content (AvgIpc) is 2.84. The zero-order valence-corrected chi connectivity index (χ0v) is 9.93. The van der Waals surface area contributed by atoms with E-state index in [1.807, 2.05) is 23.8 Å². The van der Waals surface area contributed by atoms with Crippen LogP contribution in [0.25, 0.3) is 0 Å². The molecule has 18 heavy (non-hydrogen) atoms.